The first-order chi connectivity index (χ1) is 16.1. The Labute approximate surface area is 195 Å². The van der Waals surface area contributed by atoms with Gasteiger partial charge in [0, 0.05) is 11.2 Å². The zero-order valence-electron chi connectivity index (χ0n) is 18.0. The van der Waals surface area contributed by atoms with Crippen LogP contribution in [0.15, 0.2) is 76.1 Å². The normalized spacial score (nSPS) is 15.2. The van der Waals surface area contributed by atoms with Gasteiger partial charge in [0.25, 0.3) is 5.91 Å². The number of unbranched alkanes of at least 4 members (excludes halogenated alkanes) is 1. The quantitative estimate of drug-likeness (QED) is 0.341. The van der Waals surface area contributed by atoms with Gasteiger partial charge in [-0.15, -0.1) is 0 Å². The van der Waals surface area contributed by atoms with E-state index in [1.807, 2.05) is 24.3 Å². The van der Waals surface area contributed by atoms with Gasteiger partial charge in [0.15, 0.2) is 5.43 Å². The molecule has 2 aromatic carbocycles. The molecule has 0 aliphatic carbocycles. The van der Waals surface area contributed by atoms with Crippen molar-refractivity contribution in [3.63, 3.8) is 0 Å². The Bertz CT molecular complexity index is 1400. The van der Waals surface area contributed by atoms with Gasteiger partial charge in [-0.3, -0.25) is 14.5 Å². The van der Waals surface area contributed by atoms with Crippen molar-refractivity contribution in [3.8, 4) is 5.75 Å². The summed E-state index contributed by atoms with van der Waals surface area (Å²) in [6.45, 7) is 2.69. The lowest BCUT2D eigenvalue weighted by Gasteiger charge is -2.24. The van der Waals surface area contributed by atoms with E-state index in [1.165, 1.54) is 4.90 Å². The number of halogens is 1. The molecular weight excluding hydrogens is 440 g/mol. The van der Waals surface area contributed by atoms with Gasteiger partial charge in [0.05, 0.1) is 23.6 Å². The van der Waals surface area contributed by atoms with Crippen LogP contribution in [0.25, 0.3) is 11.0 Å². The van der Waals surface area contributed by atoms with Crippen molar-refractivity contribution < 1.29 is 13.9 Å². The number of pyridine rings is 1. The molecule has 0 fully saturated rings. The van der Waals surface area contributed by atoms with Crippen molar-refractivity contribution in [2.75, 3.05) is 11.5 Å². The van der Waals surface area contributed by atoms with Gasteiger partial charge in [-0.05, 0) is 54.4 Å². The molecule has 1 amide bonds. The maximum Gasteiger partial charge on any atom is 0.296 e. The van der Waals surface area contributed by atoms with Gasteiger partial charge in [0.1, 0.15) is 17.2 Å². The highest BCUT2D eigenvalue weighted by Crippen LogP contribution is 2.41. The van der Waals surface area contributed by atoms with E-state index in [2.05, 4.69) is 11.9 Å². The number of hydrogen-bond donors (Lipinski definition) is 0. The summed E-state index contributed by atoms with van der Waals surface area (Å²) in [5, 5.41) is 0.751. The third-order valence-corrected chi connectivity index (χ3v) is 5.90. The van der Waals surface area contributed by atoms with E-state index in [4.69, 9.17) is 20.8 Å². The van der Waals surface area contributed by atoms with Crippen molar-refractivity contribution in [2.45, 2.75) is 25.8 Å². The Balaban J connectivity index is 1.71. The van der Waals surface area contributed by atoms with Crippen molar-refractivity contribution >= 4 is 34.3 Å². The van der Waals surface area contributed by atoms with Gasteiger partial charge < -0.3 is 9.15 Å². The maximum absolute atomic E-state index is 13.6. The molecule has 0 bridgehead atoms. The van der Waals surface area contributed by atoms with Gasteiger partial charge >= 0.3 is 0 Å². The lowest BCUT2D eigenvalue weighted by molar-refractivity contribution is 0.0970. The number of carbonyl (C=O) groups excluding carboxylic acids is 1. The molecule has 1 unspecified atom stereocenters. The summed E-state index contributed by atoms with van der Waals surface area (Å²) in [5.41, 5.74) is 1.03. The first-order valence-corrected chi connectivity index (χ1v) is 11.2. The number of hydrogen-bond acceptors (Lipinski definition) is 5. The van der Waals surface area contributed by atoms with E-state index in [-0.39, 0.29) is 16.8 Å². The number of ether oxygens (including phenoxy) is 1. The molecule has 0 saturated heterocycles. The first-order valence-electron chi connectivity index (χ1n) is 10.8. The van der Waals surface area contributed by atoms with E-state index in [0.29, 0.717) is 34.2 Å². The minimum absolute atomic E-state index is 0.0165. The van der Waals surface area contributed by atoms with Crippen molar-refractivity contribution in [2.24, 2.45) is 0 Å². The first kappa shape index (κ1) is 21.2. The molecule has 0 N–H and O–H groups in total. The van der Waals surface area contributed by atoms with E-state index >= 15 is 0 Å². The lowest BCUT2D eigenvalue weighted by atomic mass is 9.98. The molecule has 33 heavy (non-hydrogen) atoms. The van der Waals surface area contributed by atoms with Crippen LogP contribution in [0.1, 0.15) is 47.5 Å². The molecule has 7 heteroatoms. The average molecular weight is 461 g/mol. The Morgan fingerprint density at radius 2 is 1.97 bits per heavy atom. The third kappa shape index (κ3) is 3.76. The second-order valence-electron chi connectivity index (χ2n) is 7.85. The average Bonchev–Trinajstić information content (AvgIpc) is 3.13. The molecule has 0 saturated carbocycles. The minimum Gasteiger partial charge on any atom is -0.494 e. The molecule has 5 rings (SSSR count). The van der Waals surface area contributed by atoms with Crippen LogP contribution in [-0.4, -0.2) is 17.5 Å². The molecule has 3 heterocycles. The van der Waals surface area contributed by atoms with Crippen LogP contribution in [0.5, 0.6) is 5.75 Å². The highest BCUT2D eigenvalue weighted by Gasteiger charge is 2.44. The van der Waals surface area contributed by atoms with Gasteiger partial charge in [-0.1, -0.05) is 43.1 Å². The predicted molar refractivity (Wildman–Crippen MR) is 127 cm³/mol. The van der Waals surface area contributed by atoms with Crippen LogP contribution in [0, 0.1) is 0 Å². The smallest absolute Gasteiger partial charge is 0.296 e. The molecule has 6 nitrogen and oxygen atoms in total. The number of anilines is 1. The van der Waals surface area contributed by atoms with E-state index in [0.717, 1.165) is 18.4 Å². The fraction of sp³-hybridized carbons (Fsp3) is 0.192. The summed E-state index contributed by atoms with van der Waals surface area (Å²) in [6.07, 6.45) is 3.57. The Morgan fingerprint density at radius 3 is 2.76 bits per heavy atom. The lowest BCUT2D eigenvalue weighted by Crippen LogP contribution is -2.30. The molecule has 166 valence electrons. The van der Waals surface area contributed by atoms with Gasteiger partial charge in [-0.2, -0.15) is 0 Å². The van der Waals surface area contributed by atoms with E-state index < -0.39 is 11.9 Å². The topological polar surface area (TPSA) is 72.6 Å². The van der Waals surface area contributed by atoms with Crippen LogP contribution in [0.4, 0.5) is 5.82 Å². The van der Waals surface area contributed by atoms with Crippen molar-refractivity contribution in [1.29, 1.82) is 0 Å². The van der Waals surface area contributed by atoms with Crippen LogP contribution in [0.2, 0.25) is 5.02 Å². The monoisotopic (exact) mass is 460 g/mol. The second kappa shape index (κ2) is 8.71. The van der Waals surface area contributed by atoms with E-state index in [1.54, 1.807) is 42.6 Å². The van der Waals surface area contributed by atoms with Gasteiger partial charge in [-0.25, -0.2) is 4.98 Å². The van der Waals surface area contributed by atoms with Crippen LogP contribution in [-0.2, 0) is 0 Å². The zero-order valence-corrected chi connectivity index (χ0v) is 18.7. The molecule has 4 aromatic rings. The predicted octanol–water partition coefficient (Wildman–Crippen LogP) is 5.77. The molecular formula is C26H21ClN2O4. The van der Waals surface area contributed by atoms with Crippen LogP contribution in [0.3, 0.4) is 0 Å². The summed E-state index contributed by atoms with van der Waals surface area (Å²) in [5.74, 6) is 0.705. The Hall–Kier alpha value is -3.64. The summed E-state index contributed by atoms with van der Waals surface area (Å²) < 4.78 is 11.8. The molecule has 0 spiro atoms. The molecule has 0 radical (unpaired) electrons. The maximum atomic E-state index is 13.6. The largest absolute Gasteiger partial charge is 0.494 e. The zero-order chi connectivity index (χ0) is 22.9. The minimum atomic E-state index is -0.711. The fourth-order valence-corrected chi connectivity index (χ4v) is 4.27. The number of rotatable bonds is 6. The Morgan fingerprint density at radius 1 is 1.09 bits per heavy atom. The highest BCUT2D eigenvalue weighted by atomic mass is 35.5. The van der Waals surface area contributed by atoms with Gasteiger partial charge in [0.2, 0.25) is 5.76 Å². The summed E-state index contributed by atoms with van der Waals surface area (Å²) in [4.78, 5) is 33.0. The van der Waals surface area contributed by atoms with Crippen molar-refractivity contribution in [3.05, 3.63) is 99.0 Å². The van der Waals surface area contributed by atoms with Crippen LogP contribution >= 0.6 is 11.6 Å². The molecule has 1 atom stereocenters. The SMILES string of the molecule is CCCCOc1cccc(C2c3c(oc4ccc(Cl)cc4c3=O)C(=O)N2c2ccccn2)c1. The number of carbonyl (C=O) groups is 1. The summed E-state index contributed by atoms with van der Waals surface area (Å²) in [6, 6.07) is 16.8. The molecule has 1 aliphatic heterocycles. The number of amides is 1. The third-order valence-electron chi connectivity index (χ3n) is 5.67. The van der Waals surface area contributed by atoms with Crippen molar-refractivity contribution in [1.82, 2.24) is 4.98 Å². The number of nitrogens with zero attached hydrogens (tertiary/aromatic N) is 2. The molecule has 2 aromatic heterocycles. The fourth-order valence-electron chi connectivity index (χ4n) is 4.10. The summed E-state index contributed by atoms with van der Waals surface area (Å²) in [7, 11) is 0. The summed E-state index contributed by atoms with van der Waals surface area (Å²) >= 11 is 6.14. The second-order valence-corrected chi connectivity index (χ2v) is 8.29. The van der Waals surface area contributed by atoms with E-state index in [9.17, 15) is 9.59 Å². The number of fused-ring (bicyclic) bond motifs is 2. The van der Waals surface area contributed by atoms with Crippen LogP contribution < -0.4 is 15.1 Å². The molecule has 1 aliphatic rings. The highest BCUT2D eigenvalue weighted by molar-refractivity contribution is 6.31. The number of benzene rings is 2. The Kier molecular flexibility index (Phi) is 5.60. The number of aromatic nitrogens is 1. The standard InChI is InChI=1S/C26H21ClN2O4/c1-2-3-13-32-18-8-6-7-16(14-18)23-22-24(30)19-15-17(27)10-11-20(19)33-25(22)26(31)29(23)21-9-4-5-12-28-21/h4-12,14-15,23H,2-3,13H2,1H3.